The first-order valence-electron chi connectivity index (χ1n) is 5.97. The van der Waals surface area contributed by atoms with Gasteiger partial charge in [-0.3, -0.25) is 4.79 Å². The van der Waals surface area contributed by atoms with Crippen LogP contribution in [0.2, 0.25) is 0 Å². The molecule has 0 saturated heterocycles. The van der Waals surface area contributed by atoms with Gasteiger partial charge < -0.3 is 14.8 Å². The van der Waals surface area contributed by atoms with Crippen LogP contribution in [-0.4, -0.2) is 38.2 Å². The summed E-state index contributed by atoms with van der Waals surface area (Å²) in [6.45, 7) is 3.60. The van der Waals surface area contributed by atoms with E-state index in [0.29, 0.717) is 25.7 Å². The summed E-state index contributed by atoms with van der Waals surface area (Å²) >= 11 is 0. The van der Waals surface area contributed by atoms with Gasteiger partial charge in [-0.05, 0) is 19.1 Å². The molecule has 0 unspecified atom stereocenters. The molecule has 96 valence electrons. The van der Waals surface area contributed by atoms with Gasteiger partial charge in [0.2, 0.25) is 5.90 Å². The molecule has 1 aliphatic rings. The molecule has 1 aromatic rings. The van der Waals surface area contributed by atoms with E-state index < -0.39 is 0 Å². The lowest BCUT2D eigenvalue weighted by molar-refractivity contribution is -0.140. The SMILES string of the molecule is CCOC(=O)CNc1ccccc1C1=NCCO1. The maximum atomic E-state index is 11.3. The Bertz CT molecular complexity index is 457. The molecule has 0 atom stereocenters. The fourth-order valence-electron chi connectivity index (χ4n) is 1.70. The molecule has 1 aromatic carbocycles. The summed E-state index contributed by atoms with van der Waals surface area (Å²) in [6.07, 6.45) is 0. The first kappa shape index (κ1) is 12.4. The van der Waals surface area contributed by atoms with Crippen molar-refractivity contribution in [1.29, 1.82) is 0 Å². The maximum absolute atomic E-state index is 11.3. The Kier molecular flexibility index (Phi) is 4.17. The Morgan fingerprint density at radius 1 is 1.50 bits per heavy atom. The molecule has 1 heterocycles. The van der Waals surface area contributed by atoms with Crippen LogP contribution in [0.5, 0.6) is 0 Å². The van der Waals surface area contributed by atoms with Gasteiger partial charge in [-0.2, -0.15) is 0 Å². The third-order valence-electron chi connectivity index (χ3n) is 2.47. The average Bonchev–Trinajstić information content (AvgIpc) is 2.91. The molecule has 0 amide bonds. The number of carbonyl (C=O) groups excluding carboxylic acids is 1. The van der Waals surface area contributed by atoms with Crippen molar-refractivity contribution < 1.29 is 14.3 Å². The third-order valence-corrected chi connectivity index (χ3v) is 2.47. The third kappa shape index (κ3) is 3.00. The summed E-state index contributed by atoms with van der Waals surface area (Å²) in [5.41, 5.74) is 1.70. The van der Waals surface area contributed by atoms with E-state index in [9.17, 15) is 4.79 Å². The molecule has 0 bridgehead atoms. The van der Waals surface area contributed by atoms with Crippen molar-refractivity contribution in [2.24, 2.45) is 4.99 Å². The first-order valence-corrected chi connectivity index (χ1v) is 5.97. The highest BCUT2D eigenvalue weighted by atomic mass is 16.5. The lowest BCUT2D eigenvalue weighted by Crippen LogP contribution is -2.18. The molecule has 0 saturated carbocycles. The van der Waals surface area contributed by atoms with E-state index in [0.717, 1.165) is 11.3 Å². The molecule has 1 N–H and O–H groups in total. The summed E-state index contributed by atoms with van der Waals surface area (Å²) in [5, 5.41) is 3.04. The minimum atomic E-state index is -0.276. The predicted octanol–water partition coefficient (Wildman–Crippen LogP) is 1.44. The first-order chi connectivity index (χ1) is 8.81. The van der Waals surface area contributed by atoms with Crippen LogP contribution in [0.1, 0.15) is 12.5 Å². The highest BCUT2D eigenvalue weighted by molar-refractivity contribution is 6.00. The Morgan fingerprint density at radius 2 is 2.33 bits per heavy atom. The number of nitrogens with one attached hydrogen (secondary N) is 1. The van der Waals surface area contributed by atoms with Crippen LogP contribution < -0.4 is 5.32 Å². The molecular weight excluding hydrogens is 232 g/mol. The minimum absolute atomic E-state index is 0.137. The smallest absolute Gasteiger partial charge is 0.325 e. The molecule has 5 nitrogen and oxygen atoms in total. The number of hydrogen-bond donors (Lipinski definition) is 1. The summed E-state index contributed by atoms with van der Waals surface area (Å²) in [6, 6.07) is 7.61. The van der Waals surface area contributed by atoms with Gasteiger partial charge in [-0.1, -0.05) is 12.1 Å². The number of anilines is 1. The second-order valence-electron chi connectivity index (χ2n) is 3.74. The Morgan fingerprint density at radius 3 is 3.06 bits per heavy atom. The van der Waals surface area contributed by atoms with Gasteiger partial charge in [0.15, 0.2) is 0 Å². The monoisotopic (exact) mass is 248 g/mol. The van der Waals surface area contributed by atoms with Gasteiger partial charge >= 0.3 is 5.97 Å². The quantitative estimate of drug-likeness (QED) is 0.801. The van der Waals surface area contributed by atoms with Gasteiger partial charge in [0.25, 0.3) is 0 Å². The van der Waals surface area contributed by atoms with E-state index in [1.165, 1.54) is 0 Å². The molecule has 0 aromatic heterocycles. The molecule has 0 fully saturated rings. The Balaban J connectivity index is 2.06. The summed E-state index contributed by atoms with van der Waals surface area (Å²) in [4.78, 5) is 15.6. The molecule has 18 heavy (non-hydrogen) atoms. The zero-order chi connectivity index (χ0) is 12.8. The van der Waals surface area contributed by atoms with Crippen LogP contribution in [0, 0.1) is 0 Å². The Labute approximate surface area is 106 Å². The maximum Gasteiger partial charge on any atom is 0.325 e. The number of ether oxygens (including phenoxy) is 2. The van der Waals surface area contributed by atoms with Crippen LogP contribution in [0.15, 0.2) is 29.3 Å². The van der Waals surface area contributed by atoms with Gasteiger partial charge in [0.05, 0.1) is 18.7 Å². The number of carbonyl (C=O) groups is 1. The second-order valence-corrected chi connectivity index (χ2v) is 3.74. The fraction of sp³-hybridized carbons (Fsp3) is 0.385. The van der Waals surface area contributed by atoms with Gasteiger partial charge in [-0.25, -0.2) is 4.99 Å². The lowest BCUT2D eigenvalue weighted by Gasteiger charge is -2.11. The second kappa shape index (κ2) is 6.05. The summed E-state index contributed by atoms with van der Waals surface area (Å²) in [7, 11) is 0. The van der Waals surface area contributed by atoms with Crippen LogP contribution in [0.4, 0.5) is 5.69 Å². The lowest BCUT2D eigenvalue weighted by atomic mass is 10.1. The van der Waals surface area contributed by atoms with Crippen LogP contribution in [0.3, 0.4) is 0 Å². The van der Waals surface area contributed by atoms with E-state index in [1.807, 2.05) is 24.3 Å². The Hall–Kier alpha value is -2.04. The number of aliphatic imine (C=N–C) groups is 1. The van der Waals surface area contributed by atoms with Crippen LogP contribution in [-0.2, 0) is 14.3 Å². The molecule has 0 spiro atoms. The van der Waals surface area contributed by atoms with Crippen LogP contribution >= 0.6 is 0 Å². The molecular formula is C13H16N2O3. The van der Waals surface area contributed by atoms with Crippen molar-refractivity contribution >= 4 is 17.6 Å². The number of nitrogens with zero attached hydrogens (tertiary/aromatic N) is 1. The number of rotatable bonds is 5. The molecule has 5 heteroatoms. The van der Waals surface area contributed by atoms with Crippen molar-refractivity contribution in [3.05, 3.63) is 29.8 Å². The summed E-state index contributed by atoms with van der Waals surface area (Å²) in [5.74, 6) is 0.351. The normalized spacial score (nSPS) is 13.7. The molecule has 2 rings (SSSR count). The molecule has 1 aliphatic heterocycles. The highest BCUT2D eigenvalue weighted by Gasteiger charge is 2.14. The fourth-order valence-corrected chi connectivity index (χ4v) is 1.70. The highest BCUT2D eigenvalue weighted by Crippen LogP contribution is 2.18. The van der Waals surface area contributed by atoms with Crippen molar-refractivity contribution in [2.45, 2.75) is 6.92 Å². The van der Waals surface area contributed by atoms with Crippen LogP contribution in [0.25, 0.3) is 0 Å². The largest absolute Gasteiger partial charge is 0.475 e. The zero-order valence-corrected chi connectivity index (χ0v) is 10.3. The topological polar surface area (TPSA) is 59.9 Å². The van der Waals surface area contributed by atoms with Gasteiger partial charge in [0.1, 0.15) is 13.2 Å². The predicted molar refractivity (Wildman–Crippen MR) is 68.9 cm³/mol. The molecule has 0 radical (unpaired) electrons. The van der Waals surface area contributed by atoms with Crippen molar-refractivity contribution in [3.63, 3.8) is 0 Å². The van der Waals surface area contributed by atoms with Gasteiger partial charge in [0, 0.05) is 5.69 Å². The van der Waals surface area contributed by atoms with Crippen molar-refractivity contribution in [2.75, 3.05) is 31.6 Å². The number of esters is 1. The number of benzene rings is 1. The van der Waals surface area contributed by atoms with E-state index >= 15 is 0 Å². The van der Waals surface area contributed by atoms with Crippen molar-refractivity contribution in [1.82, 2.24) is 0 Å². The molecule has 0 aliphatic carbocycles. The van der Waals surface area contributed by atoms with E-state index in [1.54, 1.807) is 6.92 Å². The number of para-hydroxylation sites is 1. The van der Waals surface area contributed by atoms with E-state index in [2.05, 4.69) is 10.3 Å². The van der Waals surface area contributed by atoms with Gasteiger partial charge in [-0.15, -0.1) is 0 Å². The average molecular weight is 248 g/mol. The van der Waals surface area contributed by atoms with Crippen molar-refractivity contribution in [3.8, 4) is 0 Å². The summed E-state index contributed by atoms with van der Waals surface area (Å²) < 4.78 is 10.3. The number of hydrogen-bond acceptors (Lipinski definition) is 5. The minimum Gasteiger partial charge on any atom is -0.475 e. The van der Waals surface area contributed by atoms with E-state index in [4.69, 9.17) is 9.47 Å². The zero-order valence-electron chi connectivity index (χ0n) is 10.3. The van der Waals surface area contributed by atoms with E-state index in [-0.39, 0.29) is 12.5 Å². The standard InChI is InChI=1S/C13H16N2O3/c1-2-17-12(16)9-15-11-6-4-3-5-10(11)13-14-7-8-18-13/h3-6,15H,2,7-9H2,1H3.